The summed E-state index contributed by atoms with van der Waals surface area (Å²) in [6.45, 7) is 0. The predicted octanol–water partition coefficient (Wildman–Crippen LogP) is 3.66. The molecule has 0 spiro atoms. The number of thioether (sulfide) groups is 1. The molecular weight excluding hydrogens is 399 g/mol. The van der Waals surface area contributed by atoms with Crippen LogP contribution < -0.4 is 5.32 Å². The Morgan fingerprint density at radius 3 is 2.57 bits per heavy atom. The van der Waals surface area contributed by atoms with Crippen molar-refractivity contribution in [3.63, 3.8) is 0 Å². The molecule has 0 aliphatic carbocycles. The molecule has 7 nitrogen and oxygen atoms in total. The first-order valence-electron chi connectivity index (χ1n) is 8.16. The molecule has 0 saturated heterocycles. The van der Waals surface area contributed by atoms with Crippen molar-refractivity contribution >= 4 is 34.1 Å². The van der Waals surface area contributed by atoms with E-state index in [-0.39, 0.29) is 17.5 Å². The molecule has 0 bridgehead atoms. The first kappa shape index (κ1) is 18.3. The molecule has 10 heteroatoms. The summed E-state index contributed by atoms with van der Waals surface area (Å²) < 4.78 is 15.1. The Balaban J connectivity index is 1.62. The molecule has 0 fully saturated rings. The topological polar surface area (TPSA) is 85.6 Å². The highest BCUT2D eigenvalue weighted by Gasteiger charge is 2.17. The molecule has 0 radical (unpaired) electrons. The molecule has 0 unspecified atom stereocenters. The lowest BCUT2D eigenvalue weighted by Crippen LogP contribution is -2.14. The number of aromatic nitrogens is 5. The van der Waals surface area contributed by atoms with Crippen LogP contribution in [0, 0.1) is 5.82 Å². The Kier molecular flexibility index (Phi) is 5.40. The van der Waals surface area contributed by atoms with Gasteiger partial charge in [0.2, 0.25) is 11.0 Å². The van der Waals surface area contributed by atoms with Gasteiger partial charge in [0, 0.05) is 11.3 Å². The van der Waals surface area contributed by atoms with E-state index in [0.717, 1.165) is 11.3 Å². The lowest BCUT2D eigenvalue weighted by atomic mass is 10.2. The van der Waals surface area contributed by atoms with Gasteiger partial charge in [-0.1, -0.05) is 41.3 Å². The summed E-state index contributed by atoms with van der Waals surface area (Å²) >= 11 is 2.50. The second kappa shape index (κ2) is 8.28. The fourth-order valence-electron chi connectivity index (χ4n) is 2.47. The van der Waals surface area contributed by atoms with Crippen molar-refractivity contribution in [3.8, 4) is 17.1 Å². The minimum absolute atomic E-state index is 0.133. The third-order valence-electron chi connectivity index (χ3n) is 3.69. The van der Waals surface area contributed by atoms with E-state index in [2.05, 4.69) is 25.7 Å². The van der Waals surface area contributed by atoms with E-state index in [1.54, 1.807) is 17.6 Å². The number of carbonyl (C=O) groups is 1. The molecule has 140 valence electrons. The van der Waals surface area contributed by atoms with Crippen LogP contribution in [0.4, 0.5) is 9.52 Å². The van der Waals surface area contributed by atoms with Gasteiger partial charge >= 0.3 is 0 Å². The van der Waals surface area contributed by atoms with E-state index in [4.69, 9.17) is 0 Å². The van der Waals surface area contributed by atoms with Crippen molar-refractivity contribution < 1.29 is 9.18 Å². The molecule has 2 aromatic carbocycles. The quantitative estimate of drug-likeness (QED) is 0.487. The SMILES string of the molecule is O=C(CSc1nnc(-c2ccc(F)cc2)n1-c1ccccc1)Nc1nncs1. The van der Waals surface area contributed by atoms with Crippen molar-refractivity contribution in [2.75, 3.05) is 11.1 Å². The fourth-order valence-corrected chi connectivity index (χ4v) is 3.69. The van der Waals surface area contributed by atoms with Crippen LogP contribution in [-0.2, 0) is 4.79 Å². The Bertz CT molecular complexity index is 1070. The number of halogens is 1. The van der Waals surface area contributed by atoms with Gasteiger partial charge in [-0.3, -0.25) is 14.7 Å². The minimum Gasteiger partial charge on any atom is -0.300 e. The van der Waals surface area contributed by atoms with Crippen molar-refractivity contribution in [1.29, 1.82) is 0 Å². The van der Waals surface area contributed by atoms with Crippen LogP contribution in [0.3, 0.4) is 0 Å². The number of benzene rings is 2. The molecule has 0 atom stereocenters. The van der Waals surface area contributed by atoms with Gasteiger partial charge in [0.15, 0.2) is 11.0 Å². The Morgan fingerprint density at radius 2 is 1.86 bits per heavy atom. The monoisotopic (exact) mass is 412 g/mol. The third-order valence-corrected chi connectivity index (χ3v) is 5.22. The van der Waals surface area contributed by atoms with Gasteiger partial charge in [0.1, 0.15) is 11.3 Å². The van der Waals surface area contributed by atoms with E-state index in [0.29, 0.717) is 16.1 Å². The number of para-hydroxylation sites is 1. The molecule has 4 rings (SSSR count). The van der Waals surface area contributed by atoms with Gasteiger partial charge in [-0.15, -0.1) is 20.4 Å². The number of carbonyl (C=O) groups excluding carboxylic acids is 1. The van der Waals surface area contributed by atoms with Crippen molar-refractivity contribution in [3.05, 3.63) is 65.9 Å². The normalized spacial score (nSPS) is 10.8. The number of hydrogen-bond donors (Lipinski definition) is 1. The van der Waals surface area contributed by atoms with E-state index in [1.807, 2.05) is 34.9 Å². The van der Waals surface area contributed by atoms with Gasteiger partial charge in [-0.2, -0.15) is 0 Å². The van der Waals surface area contributed by atoms with Crippen LogP contribution in [0.1, 0.15) is 0 Å². The average molecular weight is 412 g/mol. The molecule has 2 heterocycles. The molecular formula is C18H13FN6OS2. The second-order valence-corrected chi connectivity index (χ2v) is 7.34. The molecule has 1 N–H and O–H groups in total. The lowest BCUT2D eigenvalue weighted by molar-refractivity contribution is -0.113. The number of hydrogen-bond acceptors (Lipinski definition) is 7. The first-order chi connectivity index (χ1) is 13.7. The first-order valence-corrected chi connectivity index (χ1v) is 10.0. The lowest BCUT2D eigenvalue weighted by Gasteiger charge is -2.10. The van der Waals surface area contributed by atoms with E-state index in [1.165, 1.54) is 35.2 Å². The smallest absolute Gasteiger partial charge is 0.236 e. The third kappa shape index (κ3) is 4.07. The van der Waals surface area contributed by atoms with Gasteiger partial charge in [-0.05, 0) is 36.4 Å². The number of anilines is 1. The summed E-state index contributed by atoms with van der Waals surface area (Å²) in [5.74, 6) is 0.164. The van der Waals surface area contributed by atoms with Gasteiger partial charge in [0.25, 0.3) is 0 Å². The summed E-state index contributed by atoms with van der Waals surface area (Å²) in [5, 5.41) is 19.7. The van der Waals surface area contributed by atoms with Crippen molar-refractivity contribution in [1.82, 2.24) is 25.0 Å². The summed E-state index contributed by atoms with van der Waals surface area (Å²) in [6, 6.07) is 15.6. The number of rotatable bonds is 6. The maximum Gasteiger partial charge on any atom is 0.236 e. The summed E-state index contributed by atoms with van der Waals surface area (Å²) in [7, 11) is 0. The van der Waals surface area contributed by atoms with Crippen LogP contribution in [-0.4, -0.2) is 36.6 Å². The highest BCUT2D eigenvalue weighted by atomic mass is 32.2. The van der Waals surface area contributed by atoms with E-state index < -0.39 is 0 Å². The van der Waals surface area contributed by atoms with Crippen LogP contribution in [0.5, 0.6) is 0 Å². The Hall–Kier alpha value is -3.11. The highest BCUT2D eigenvalue weighted by molar-refractivity contribution is 7.99. The number of nitrogens with zero attached hydrogens (tertiary/aromatic N) is 5. The molecule has 2 aromatic heterocycles. The molecule has 28 heavy (non-hydrogen) atoms. The van der Waals surface area contributed by atoms with E-state index in [9.17, 15) is 9.18 Å². The largest absolute Gasteiger partial charge is 0.300 e. The second-order valence-electron chi connectivity index (χ2n) is 5.56. The predicted molar refractivity (Wildman–Crippen MR) is 106 cm³/mol. The van der Waals surface area contributed by atoms with Gasteiger partial charge in [-0.25, -0.2) is 4.39 Å². The van der Waals surface area contributed by atoms with E-state index >= 15 is 0 Å². The number of nitrogens with one attached hydrogen (secondary N) is 1. The maximum atomic E-state index is 13.3. The summed E-state index contributed by atoms with van der Waals surface area (Å²) in [6.07, 6.45) is 0. The highest BCUT2D eigenvalue weighted by Crippen LogP contribution is 2.28. The van der Waals surface area contributed by atoms with Crippen molar-refractivity contribution in [2.24, 2.45) is 0 Å². The zero-order valence-corrected chi connectivity index (χ0v) is 16.0. The van der Waals surface area contributed by atoms with Gasteiger partial charge < -0.3 is 0 Å². The average Bonchev–Trinajstić information content (AvgIpc) is 3.37. The zero-order chi connectivity index (χ0) is 19.3. The zero-order valence-electron chi connectivity index (χ0n) is 14.3. The standard InChI is InChI=1S/C18H13FN6OS2/c19-13-8-6-12(7-9-13)16-22-24-18(25(16)14-4-2-1-3-5-14)27-10-15(26)21-17-23-20-11-28-17/h1-9,11H,10H2,(H,21,23,26). The molecule has 1 amide bonds. The van der Waals surface area contributed by atoms with Crippen LogP contribution in [0.25, 0.3) is 17.1 Å². The molecule has 0 aliphatic heterocycles. The summed E-state index contributed by atoms with van der Waals surface area (Å²) in [5.41, 5.74) is 3.12. The van der Waals surface area contributed by atoms with Crippen LogP contribution in [0.15, 0.2) is 65.3 Å². The Morgan fingerprint density at radius 1 is 1.07 bits per heavy atom. The minimum atomic E-state index is -0.322. The number of amides is 1. The Labute approximate surface area is 167 Å². The van der Waals surface area contributed by atoms with Gasteiger partial charge in [0.05, 0.1) is 5.75 Å². The fraction of sp³-hybridized carbons (Fsp3) is 0.0556. The molecule has 4 aromatic rings. The van der Waals surface area contributed by atoms with Crippen LogP contribution in [0.2, 0.25) is 0 Å². The van der Waals surface area contributed by atoms with Crippen molar-refractivity contribution in [2.45, 2.75) is 5.16 Å². The van der Waals surface area contributed by atoms with Crippen LogP contribution >= 0.6 is 23.1 Å². The molecule has 0 saturated carbocycles. The maximum absolute atomic E-state index is 13.3. The summed E-state index contributed by atoms with van der Waals surface area (Å²) in [4.78, 5) is 12.2. The molecule has 0 aliphatic rings.